The summed E-state index contributed by atoms with van der Waals surface area (Å²) >= 11 is 0. The number of hydrogen-bond acceptors (Lipinski definition) is 3. The molecule has 1 amide bonds. The Hall–Kier alpha value is -1.55. The van der Waals surface area contributed by atoms with Crippen LogP contribution in [0, 0.1) is 23.7 Å². The largest absolute Gasteiger partial charge is 0.491 e. The molecule has 0 spiro atoms. The van der Waals surface area contributed by atoms with Gasteiger partial charge < -0.3 is 14.4 Å². The number of benzene rings is 1. The minimum atomic E-state index is 0.122. The maximum absolute atomic E-state index is 12.6. The Bertz CT molecular complexity index is 560. The number of likely N-dealkylation sites (N-methyl/N-ethyl adjacent to an activating group) is 1. The predicted molar refractivity (Wildman–Crippen MR) is 96.4 cm³/mol. The van der Waals surface area contributed by atoms with Crippen molar-refractivity contribution >= 4 is 5.91 Å². The molecule has 5 rings (SSSR count). The Labute approximate surface area is 150 Å². The van der Waals surface area contributed by atoms with E-state index in [0.717, 1.165) is 29.4 Å². The molecule has 0 atom stereocenters. The first-order valence-electron chi connectivity index (χ1n) is 9.72. The van der Waals surface area contributed by atoms with E-state index in [1.54, 1.807) is 0 Å². The van der Waals surface area contributed by atoms with Crippen molar-refractivity contribution in [1.82, 2.24) is 4.90 Å². The van der Waals surface area contributed by atoms with Crippen molar-refractivity contribution in [2.24, 2.45) is 23.7 Å². The summed E-state index contributed by atoms with van der Waals surface area (Å²) in [6, 6.07) is 10.1. The van der Waals surface area contributed by atoms with Crippen LogP contribution in [0.2, 0.25) is 0 Å². The molecule has 4 bridgehead atoms. The maximum Gasteiger partial charge on any atom is 0.248 e. The molecule has 4 saturated carbocycles. The van der Waals surface area contributed by atoms with E-state index in [1.165, 1.54) is 32.1 Å². The van der Waals surface area contributed by atoms with Gasteiger partial charge in [-0.3, -0.25) is 4.79 Å². The van der Waals surface area contributed by atoms with E-state index in [9.17, 15) is 4.79 Å². The second-order valence-electron chi connectivity index (χ2n) is 8.14. The van der Waals surface area contributed by atoms with Crippen molar-refractivity contribution in [3.8, 4) is 5.75 Å². The number of amides is 1. The molecule has 1 aromatic carbocycles. The van der Waals surface area contributed by atoms with E-state index in [4.69, 9.17) is 9.47 Å². The zero-order valence-corrected chi connectivity index (χ0v) is 15.1. The Morgan fingerprint density at radius 1 is 1.00 bits per heavy atom. The molecule has 4 nitrogen and oxygen atoms in total. The summed E-state index contributed by atoms with van der Waals surface area (Å²) in [5, 5.41) is 0. The fourth-order valence-corrected chi connectivity index (χ4v) is 5.69. The highest BCUT2D eigenvalue weighted by Crippen LogP contribution is 2.54. The van der Waals surface area contributed by atoms with Crippen molar-refractivity contribution in [2.45, 2.75) is 38.1 Å². The van der Waals surface area contributed by atoms with Crippen LogP contribution in [0.5, 0.6) is 5.75 Å². The average molecular weight is 343 g/mol. The number of carbonyl (C=O) groups excluding carboxylic acids is 1. The van der Waals surface area contributed by atoms with Crippen molar-refractivity contribution in [3.63, 3.8) is 0 Å². The molecule has 0 aliphatic heterocycles. The van der Waals surface area contributed by atoms with Crippen LogP contribution >= 0.6 is 0 Å². The van der Waals surface area contributed by atoms with Crippen molar-refractivity contribution in [1.29, 1.82) is 0 Å². The average Bonchev–Trinajstić information content (AvgIpc) is 2.61. The quantitative estimate of drug-likeness (QED) is 0.713. The Morgan fingerprint density at radius 3 is 2.28 bits per heavy atom. The molecule has 25 heavy (non-hydrogen) atoms. The minimum Gasteiger partial charge on any atom is -0.491 e. The second-order valence-corrected chi connectivity index (χ2v) is 8.14. The van der Waals surface area contributed by atoms with Gasteiger partial charge in [-0.1, -0.05) is 18.2 Å². The number of carbonyl (C=O) groups is 1. The fourth-order valence-electron chi connectivity index (χ4n) is 5.69. The van der Waals surface area contributed by atoms with E-state index in [-0.39, 0.29) is 12.5 Å². The van der Waals surface area contributed by atoms with Gasteiger partial charge in [-0.15, -0.1) is 0 Å². The third-order valence-corrected chi connectivity index (χ3v) is 6.48. The van der Waals surface area contributed by atoms with Gasteiger partial charge in [0.2, 0.25) is 5.91 Å². The predicted octanol–water partition coefficient (Wildman–Crippen LogP) is 3.37. The minimum absolute atomic E-state index is 0.122. The van der Waals surface area contributed by atoms with Crippen molar-refractivity contribution in [3.05, 3.63) is 30.3 Å². The van der Waals surface area contributed by atoms with E-state index in [0.29, 0.717) is 19.3 Å². The fraction of sp³-hybridized carbons (Fsp3) is 0.667. The molecule has 0 saturated heterocycles. The highest BCUT2D eigenvalue weighted by Gasteiger charge is 2.50. The number of nitrogens with zero attached hydrogens (tertiary/aromatic N) is 1. The SMILES string of the molecule is CN(C(=O)COCCOc1ccccc1)C1C2CC3CC(C2)CC1C3. The molecule has 4 aliphatic rings. The highest BCUT2D eigenvalue weighted by molar-refractivity contribution is 5.77. The third kappa shape index (κ3) is 3.69. The van der Waals surface area contributed by atoms with E-state index >= 15 is 0 Å². The second kappa shape index (κ2) is 7.36. The summed E-state index contributed by atoms with van der Waals surface area (Å²) in [4.78, 5) is 14.6. The lowest BCUT2D eigenvalue weighted by Gasteiger charge is -2.56. The summed E-state index contributed by atoms with van der Waals surface area (Å²) in [5.41, 5.74) is 0. The number of rotatable bonds is 7. The van der Waals surface area contributed by atoms with Gasteiger partial charge in [0.05, 0.1) is 6.61 Å². The van der Waals surface area contributed by atoms with Crippen molar-refractivity contribution < 1.29 is 14.3 Å². The molecular weight excluding hydrogens is 314 g/mol. The molecule has 4 aliphatic carbocycles. The Kier molecular flexibility index (Phi) is 4.98. The molecule has 4 heteroatoms. The van der Waals surface area contributed by atoms with Crippen LogP contribution < -0.4 is 4.74 Å². The number of hydrogen-bond donors (Lipinski definition) is 0. The lowest BCUT2D eigenvalue weighted by Crippen LogP contribution is -2.56. The normalized spacial score (nSPS) is 32.6. The molecule has 0 N–H and O–H groups in total. The van der Waals surface area contributed by atoms with Gasteiger partial charge >= 0.3 is 0 Å². The van der Waals surface area contributed by atoms with Crippen LogP contribution in [0.25, 0.3) is 0 Å². The first-order valence-corrected chi connectivity index (χ1v) is 9.72. The first-order chi connectivity index (χ1) is 12.2. The zero-order chi connectivity index (χ0) is 17.2. The van der Waals surface area contributed by atoms with Gasteiger partial charge in [-0.2, -0.15) is 0 Å². The van der Waals surface area contributed by atoms with E-state index < -0.39 is 0 Å². The molecule has 136 valence electrons. The topological polar surface area (TPSA) is 38.8 Å². The summed E-state index contributed by atoms with van der Waals surface area (Å²) in [6.45, 7) is 1.08. The van der Waals surface area contributed by atoms with Gasteiger partial charge in [-0.05, 0) is 67.9 Å². The molecular formula is C21H29NO3. The summed E-state index contributed by atoms with van der Waals surface area (Å²) < 4.78 is 11.2. The lowest BCUT2D eigenvalue weighted by atomic mass is 9.54. The van der Waals surface area contributed by atoms with E-state index in [1.807, 2.05) is 42.3 Å². The number of para-hydroxylation sites is 1. The van der Waals surface area contributed by atoms with Crippen molar-refractivity contribution in [2.75, 3.05) is 26.9 Å². The summed E-state index contributed by atoms with van der Waals surface area (Å²) in [6.07, 6.45) is 6.78. The monoisotopic (exact) mass is 343 g/mol. The van der Waals surface area contributed by atoms with Crippen LogP contribution in [-0.4, -0.2) is 43.7 Å². The molecule has 0 unspecified atom stereocenters. The number of ether oxygens (including phenoxy) is 2. The van der Waals surface area contributed by atoms with Crippen LogP contribution in [-0.2, 0) is 9.53 Å². The van der Waals surface area contributed by atoms with Crippen LogP contribution in [0.1, 0.15) is 32.1 Å². The molecule has 0 heterocycles. The summed E-state index contributed by atoms with van der Waals surface area (Å²) in [7, 11) is 1.99. The van der Waals surface area contributed by atoms with Crippen LogP contribution in [0.15, 0.2) is 30.3 Å². The van der Waals surface area contributed by atoms with Gasteiger partial charge in [0.15, 0.2) is 0 Å². The van der Waals surface area contributed by atoms with Gasteiger partial charge in [0.25, 0.3) is 0 Å². The zero-order valence-electron chi connectivity index (χ0n) is 15.1. The maximum atomic E-state index is 12.6. The van der Waals surface area contributed by atoms with Gasteiger partial charge in [0.1, 0.15) is 19.0 Å². The molecule has 1 aromatic rings. The van der Waals surface area contributed by atoms with Crippen LogP contribution in [0.4, 0.5) is 0 Å². The van der Waals surface area contributed by atoms with E-state index in [2.05, 4.69) is 0 Å². The summed E-state index contributed by atoms with van der Waals surface area (Å²) in [5.74, 6) is 4.29. The smallest absolute Gasteiger partial charge is 0.248 e. The lowest BCUT2D eigenvalue weighted by molar-refractivity contribution is -0.146. The van der Waals surface area contributed by atoms with Crippen LogP contribution in [0.3, 0.4) is 0 Å². The third-order valence-electron chi connectivity index (χ3n) is 6.48. The molecule has 4 fully saturated rings. The molecule has 0 aromatic heterocycles. The highest BCUT2D eigenvalue weighted by atomic mass is 16.5. The Balaban J connectivity index is 1.20. The first kappa shape index (κ1) is 16.9. The molecule has 0 radical (unpaired) electrons. The van der Waals surface area contributed by atoms with Gasteiger partial charge in [-0.25, -0.2) is 0 Å². The standard InChI is InChI=1S/C21H29NO3/c1-22(21-17-10-15-9-16(12-17)13-18(21)11-15)20(23)14-24-7-8-25-19-5-3-2-4-6-19/h2-6,15-18,21H,7-14H2,1H3. The van der Waals surface area contributed by atoms with Gasteiger partial charge in [0, 0.05) is 13.1 Å². The Morgan fingerprint density at radius 2 is 1.64 bits per heavy atom.